The first-order valence-electron chi connectivity index (χ1n) is 9.73. The third-order valence-corrected chi connectivity index (χ3v) is 5.51. The van der Waals surface area contributed by atoms with Crippen molar-refractivity contribution in [2.24, 2.45) is 0 Å². The van der Waals surface area contributed by atoms with Gasteiger partial charge in [-0.15, -0.1) is 0 Å². The second-order valence-corrected chi connectivity index (χ2v) is 7.66. The van der Waals surface area contributed by atoms with Gasteiger partial charge in [0.1, 0.15) is 5.69 Å². The number of carbonyl (C=O) groups is 2. The number of benzene rings is 1. The topological polar surface area (TPSA) is 101 Å². The van der Waals surface area contributed by atoms with Gasteiger partial charge in [0.05, 0.1) is 33.6 Å². The molecule has 0 atom stereocenters. The molecule has 1 aliphatic heterocycles. The van der Waals surface area contributed by atoms with Crippen LogP contribution in [-0.4, -0.2) is 28.5 Å². The predicted octanol–water partition coefficient (Wildman–Crippen LogP) is 4.82. The quantitative estimate of drug-likeness (QED) is 0.492. The Hall–Kier alpha value is -3.65. The van der Waals surface area contributed by atoms with Gasteiger partial charge in [-0.25, -0.2) is 4.98 Å². The van der Waals surface area contributed by atoms with Crippen molar-refractivity contribution in [1.29, 1.82) is 0 Å². The van der Waals surface area contributed by atoms with Crippen LogP contribution in [0.15, 0.2) is 51.6 Å². The molecular weight excluding hydrogens is 420 g/mol. The van der Waals surface area contributed by atoms with Crippen LogP contribution < -0.4 is 10.2 Å². The number of aryl methyl sites for hydroxylation is 1. The zero-order valence-electron chi connectivity index (χ0n) is 16.5. The third kappa shape index (κ3) is 3.44. The molecular formula is C22H17ClN4O4. The van der Waals surface area contributed by atoms with Crippen molar-refractivity contribution in [2.75, 3.05) is 16.8 Å². The first kappa shape index (κ1) is 19.3. The van der Waals surface area contributed by atoms with Crippen molar-refractivity contribution in [3.05, 3.63) is 58.9 Å². The minimum atomic E-state index is -0.368. The molecule has 4 aromatic rings. The van der Waals surface area contributed by atoms with E-state index in [9.17, 15) is 9.59 Å². The lowest BCUT2D eigenvalue weighted by Gasteiger charge is -2.18. The van der Waals surface area contributed by atoms with Gasteiger partial charge < -0.3 is 19.2 Å². The highest BCUT2D eigenvalue weighted by Crippen LogP contribution is 2.33. The molecule has 1 N–H and O–H groups in total. The van der Waals surface area contributed by atoms with Crippen LogP contribution in [0.3, 0.4) is 0 Å². The summed E-state index contributed by atoms with van der Waals surface area (Å²) in [5, 5.41) is 7.71. The zero-order chi connectivity index (χ0) is 21.5. The maximum Gasteiger partial charge on any atom is 0.259 e. The van der Waals surface area contributed by atoms with Crippen molar-refractivity contribution >= 4 is 45.9 Å². The largest absolute Gasteiger partial charge is 0.463 e. The lowest BCUT2D eigenvalue weighted by molar-refractivity contribution is -0.117. The lowest BCUT2D eigenvalue weighted by Crippen LogP contribution is -2.24. The van der Waals surface area contributed by atoms with E-state index in [0.29, 0.717) is 57.5 Å². The lowest BCUT2D eigenvalue weighted by atomic mass is 10.1. The van der Waals surface area contributed by atoms with E-state index in [2.05, 4.69) is 15.5 Å². The van der Waals surface area contributed by atoms with Crippen LogP contribution in [0.4, 0.5) is 11.4 Å². The number of amides is 2. The monoisotopic (exact) mass is 436 g/mol. The molecule has 3 aromatic heterocycles. The van der Waals surface area contributed by atoms with Gasteiger partial charge in [0.15, 0.2) is 5.76 Å². The number of furan rings is 1. The summed E-state index contributed by atoms with van der Waals surface area (Å²) in [6, 6.07) is 10.2. The summed E-state index contributed by atoms with van der Waals surface area (Å²) in [6.07, 6.45) is 2.85. The van der Waals surface area contributed by atoms with Crippen molar-refractivity contribution in [2.45, 2.75) is 19.8 Å². The standard InChI is InChI=1S/C22H17ClN4O4/c1-12-20-14(11-16(18-4-3-9-30-18)25-22(20)31-26-12)21(29)24-13-6-7-17(15(23)10-13)27-8-2-5-19(27)28/h3-4,6-7,9-11H,2,5,8H2,1H3,(H,24,29). The number of hydrogen-bond donors (Lipinski definition) is 1. The van der Waals surface area contributed by atoms with Gasteiger partial charge in [0.2, 0.25) is 5.91 Å². The summed E-state index contributed by atoms with van der Waals surface area (Å²) in [4.78, 5) is 31.2. The van der Waals surface area contributed by atoms with Gasteiger partial charge in [0.25, 0.3) is 11.6 Å². The van der Waals surface area contributed by atoms with Crippen molar-refractivity contribution in [3.8, 4) is 11.5 Å². The number of nitrogens with one attached hydrogen (secondary N) is 1. The van der Waals surface area contributed by atoms with Crippen molar-refractivity contribution in [3.63, 3.8) is 0 Å². The Morgan fingerprint density at radius 2 is 2.13 bits per heavy atom. The first-order chi connectivity index (χ1) is 15.0. The van der Waals surface area contributed by atoms with E-state index in [-0.39, 0.29) is 17.5 Å². The Balaban J connectivity index is 1.48. The smallest absolute Gasteiger partial charge is 0.259 e. The van der Waals surface area contributed by atoms with Gasteiger partial charge in [0, 0.05) is 18.7 Å². The van der Waals surface area contributed by atoms with E-state index in [4.69, 9.17) is 20.5 Å². The molecule has 1 aliphatic rings. The molecule has 2 amide bonds. The third-order valence-electron chi connectivity index (χ3n) is 5.21. The number of halogens is 1. The van der Waals surface area contributed by atoms with Gasteiger partial charge >= 0.3 is 0 Å². The first-order valence-corrected chi connectivity index (χ1v) is 10.1. The van der Waals surface area contributed by atoms with E-state index >= 15 is 0 Å². The highest BCUT2D eigenvalue weighted by molar-refractivity contribution is 6.34. The summed E-state index contributed by atoms with van der Waals surface area (Å²) < 4.78 is 10.7. The summed E-state index contributed by atoms with van der Waals surface area (Å²) >= 11 is 6.41. The number of carbonyl (C=O) groups excluding carboxylic acids is 2. The molecule has 0 radical (unpaired) electrons. The average molecular weight is 437 g/mol. The molecule has 156 valence electrons. The SMILES string of the molecule is Cc1noc2nc(-c3ccco3)cc(C(=O)Nc3ccc(N4CCCC4=O)c(Cl)c3)c12. The van der Waals surface area contributed by atoms with Crippen LogP contribution in [0.2, 0.25) is 5.02 Å². The Labute approximate surface area is 181 Å². The van der Waals surface area contributed by atoms with Gasteiger partial charge in [-0.3, -0.25) is 9.59 Å². The number of pyridine rings is 1. The number of aromatic nitrogens is 2. The number of anilines is 2. The van der Waals surface area contributed by atoms with Gasteiger partial charge in [-0.1, -0.05) is 16.8 Å². The van der Waals surface area contributed by atoms with Crippen LogP contribution in [0, 0.1) is 6.92 Å². The van der Waals surface area contributed by atoms with Crippen LogP contribution in [0.5, 0.6) is 0 Å². The Kier molecular flexibility index (Phi) is 4.71. The minimum absolute atomic E-state index is 0.0475. The highest BCUT2D eigenvalue weighted by Gasteiger charge is 2.24. The summed E-state index contributed by atoms with van der Waals surface area (Å²) in [6.45, 7) is 2.39. The number of hydrogen-bond acceptors (Lipinski definition) is 6. The van der Waals surface area contributed by atoms with Crippen molar-refractivity contribution in [1.82, 2.24) is 10.1 Å². The normalized spacial score (nSPS) is 13.9. The van der Waals surface area contributed by atoms with Crippen LogP contribution in [0.25, 0.3) is 22.6 Å². The molecule has 5 rings (SSSR count). The maximum absolute atomic E-state index is 13.2. The summed E-state index contributed by atoms with van der Waals surface area (Å²) in [5.41, 5.74) is 2.76. The molecule has 0 saturated carbocycles. The zero-order valence-corrected chi connectivity index (χ0v) is 17.3. The van der Waals surface area contributed by atoms with Crippen LogP contribution in [0.1, 0.15) is 28.9 Å². The van der Waals surface area contributed by atoms with E-state index in [0.717, 1.165) is 6.42 Å². The Morgan fingerprint density at radius 3 is 2.84 bits per heavy atom. The molecule has 0 unspecified atom stereocenters. The van der Waals surface area contributed by atoms with E-state index in [1.807, 2.05) is 0 Å². The minimum Gasteiger partial charge on any atom is -0.463 e. The fraction of sp³-hybridized carbons (Fsp3) is 0.182. The molecule has 0 aliphatic carbocycles. The fourth-order valence-corrected chi connectivity index (χ4v) is 4.01. The van der Waals surface area contributed by atoms with E-state index in [1.165, 1.54) is 6.26 Å². The molecule has 4 heterocycles. The molecule has 1 aromatic carbocycles. The second-order valence-electron chi connectivity index (χ2n) is 7.25. The van der Waals surface area contributed by atoms with Crippen molar-refractivity contribution < 1.29 is 18.5 Å². The summed E-state index contributed by atoms with van der Waals surface area (Å²) in [5.74, 6) is 0.187. The maximum atomic E-state index is 13.2. The molecule has 8 nitrogen and oxygen atoms in total. The van der Waals surface area contributed by atoms with E-state index < -0.39 is 0 Å². The van der Waals surface area contributed by atoms with Gasteiger partial charge in [-0.2, -0.15) is 0 Å². The van der Waals surface area contributed by atoms with Crippen LogP contribution in [-0.2, 0) is 4.79 Å². The predicted molar refractivity (Wildman–Crippen MR) is 115 cm³/mol. The molecule has 1 fully saturated rings. The average Bonchev–Trinajstić information content (AvgIpc) is 3.50. The van der Waals surface area contributed by atoms with Crippen LogP contribution >= 0.6 is 11.6 Å². The Bertz CT molecular complexity index is 1310. The Morgan fingerprint density at radius 1 is 1.26 bits per heavy atom. The highest BCUT2D eigenvalue weighted by atomic mass is 35.5. The fourth-order valence-electron chi connectivity index (χ4n) is 3.73. The number of fused-ring (bicyclic) bond motifs is 1. The molecule has 31 heavy (non-hydrogen) atoms. The second kappa shape index (κ2) is 7.55. The molecule has 0 bridgehead atoms. The number of nitrogens with zero attached hydrogens (tertiary/aromatic N) is 3. The van der Waals surface area contributed by atoms with E-state index in [1.54, 1.807) is 48.2 Å². The molecule has 9 heteroatoms. The number of rotatable bonds is 4. The molecule has 0 spiro atoms. The molecule has 1 saturated heterocycles. The van der Waals surface area contributed by atoms with Gasteiger partial charge in [-0.05, 0) is 49.7 Å². The summed E-state index contributed by atoms with van der Waals surface area (Å²) in [7, 11) is 0.